The molecule has 5 nitrogen and oxygen atoms in total. The van der Waals surface area contributed by atoms with Crippen molar-refractivity contribution in [3.63, 3.8) is 0 Å². The third-order valence-electron chi connectivity index (χ3n) is 4.74. The van der Waals surface area contributed by atoms with Gasteiger partial charge in [-0.05, 0) is 37.1 Å². The molecule has 0 saturated carbocycles. The molecule has 1 aliphatic heterocycles. The Morgan fingerprint density at radius 3 is 2.81 bits per heavy atom. The lowest BCUT2D eigenvalue weighted by Gasteiger charge is -2.19. The highest BCUT2D eigenvalue weighted by molar-refractivity contribution is 7.09. The third-order valence-corrected chi connectivity index (χ3v) is 5.66. The van der Waals surface area contributed by atoms with E-state index in [2.05, 4.69) is 20.9 Å². The first-order chi connectivity index (χ1) is 12.6. The summed E-state index contributed by atoms with van der Waals surface area (Å²) in [5.74, 6) is 0.853. The summed E-state index contributed by atoms with van der Waals surface area (Å²) in [5.41, 5.74) is 5.78. The van der Waals surface area contributed by atoms with Gasteiger partial charge >= 0.3 is 0 Å². The SMILES string of the molecule is Cc1ncsc1CN(C)c1ccc(C(=O)N2CCc3ccccc32)cn1. The van der Waals surface area contributed by atoms with E-state index in [1.165, 1.54) is 10.4 Å². The second kappa shape index (κ2) is 6.88. The van der Waals surface area contributed by atoms with E-state index in [1.807, 2.05) is 54.7 Å². The molecule has 0 saturated heterocycles. The Kier molecular flexibility index (Phi) is 4.42. The number of fused-ring (bicyclic) bond motifs is 1. The van der Waals surface area contributed by atoms with Crippen LogP contribution in [-0.2, 0) is 13.0 Å². The molecule has 26 heavy (non-hydrogen) atoms. The minimum absolute atomic E-state index is 0.00922. The van der Waals surface area contributed by atoms with Gasteiger partial charge in [-0.3, -0.25) is 4.79 Å². The van der Waals surface area contributed by atoms with Gasteiger partial charge in [-0.25, -0.2) is 9.97 Å². The molecule has 0 radical (unpaired) electrons. The Morgan fingerprint density at radius 2 is 2.08 bits per heavy atom. The number of aryl methyl sites for hydroxylation is 1. The summed E-state index contributed by atoms with van der Waals surface area (Å²) in [6.45, 7) is 3.50. The molecule has 0 unspecified atom stereocenters. The molecule has 132 valence electrons. The molecule has 0 atom stereocenters. The maximum Gasteiger partial charge on any atom is 0.259 e. The quantitative estimate of drug-likeness (QED) is 0.708. The van der Waals surface area contributed by atoms with Crippen LogP contribution in [0.2, 0.25) is 0 Å². The average Bonchev–Trinajstić information content (AvgIpc) is 3.28. The van der Waals surface area contributed by atoms with Crippen LogP contribution in [0.15, 0.2) is 48.1 Å². The van der Waals surface area contributed by atoms with Crippen LogP contribution in [0, 0.1) is 6.92 Å². The second-order valence-corrected chi connectivity index (χ2v) is 7.40. The van der Waals surface area contributed by atoms with Gasteiger partial charge in [0.2, 0.25) is 0 Å². The summed E-state index contributed by atoms with van der Waals surface area (Å²) in [5, 5.41) is 0. The maximum atomic E-state index is 12.9. The largest absolute Gasteiger partial charge is 0.354 e. The van der Waals surface area contributed by atoms with E-state index >= 15 is 0 Å². The number of hydrogen-bond donors (Lipinski definition) is 0. The third kappa shape index (κ3) is 3.08. The van der Waals surface area contributed by atoms with Crippen molar-refractivity contribution < 1.29 is 4.79 Å². The van der Waals surface area contributed by atoms with E-state index in [1.54, 1.807) is 17.5 Å². The molecule has 1 aliphatic rings. The van der Waals surface area contributed by atoms with Crippen molar-refractivity contribution in [2.45, 2.75) is 19.9 Å². The lowest BCUT2D eigenvalue weighted by atomic mass is 10.2. The standard InChI is InChI=1S/C20H20N4OS/c1-14-18(26-13-22-14)12-23(2)19-8-7-16(11-21-19)20(25)24-10-9-15-5-3-4-6-17(15)24/h3-8,11,13H,9-10,12H2,1-2H3. The van der Waals surface area contributed by atoms with E-state index in [0.717, 1.165) is 36.7 Å². The topological polar surface area (TPSA) is 49.3 Å². The number of para-hydroxylation sites is 1. The summed E-state index contributed by atoms with van der Waals surface area (Å²) < 4.78 is 0. The fourth-order valence-electron chi connectivity index (χ4n) is 3.22. The normalized spacial score (nSPS) is 12.9. The van der Waals surface area contributed by atoms with Crippen LogP contribution in [0.4, 0.5) is 11.5 Å². The molecule has 0 fully saturated rings. The number of rotatable bonds is 4. The Morgan fingerprint density at radius 1 is 1.23 bits per heavy atom. The van der Waals surface area contributed by atoms with Crippen LogP contribution in [0.25, 0.3) is 0 Å². The van der Waals surface area contributed by atoms with Gasteiger partial charge in [-0.1, -0.05) is 18.2 Å². The molecule has 2 aromatic heterocycles. The highest BCUT2D eigenvalue weighted by atomic mass is 32.1. The van der Waals surface area contributed by atoms with Crippen molar-refractivity contribution in [3.8, 4) is 0 Å². The first kappa shape index (κ1) is 16.7. The van der Waals surface area contributed by atoms with Gasteiger partial charge in [0, 0.05) is 30.4 Å². The smallest absolute Gasteiger partial charge is 0.259 e. The van der Waals surface area contributed by atoms with Crippen molar-refractivity contribution in [2.75, 3.05) is 23.4 Å². The molecular formula is C20H20N4OS. The average molecular weight is 364 g/mol. The van der Waals surface area contributed by atoms with Crippen molar-refractivity contribution >= 4 is 28.7 Å². The fraction of sp³-hybridized carbons (Fsp3) is 0.250. The first-order valence-corrected chi connectivity index (χ1v) is 9.47. The predicted octanol–water partition coefficient (Wildman–Crippen LogP) is 3.69. The monoisotopic (exact) mass is 364 g/mol. The summed E-state index contributed by atoms with van der Waals surface area (Å²) in [7, 11) is 2.00. The Balaban J connectivity index is 1.49. The minimum atomic E-state index is 0.00922. The van der Waals surface area contributed by atoms with Crippen molar-refractivity contribution in [3.05, 3.63) is 69.8 Å². The fourth-order valence-corrected chi connectivity index (χ4v) is 4.05. The number of hydrogen-bond acceptors (Lipinski definition) is 5. The first-order valence-electron chi connectivity index (χ1n) is 8.59. The van der Waals surface area contributed by atoms with Crippen molar-refractivity contribution in [1.29, 1.82) is 0 Å². The van der Waals surface area contributed by atoms with E-state index in [4.69, 9.17) is 0 Å². The molecule has 0 aliphatic carbocycles. The summed E-state index contributed by atoms with van der Waals surface area (Å²) in [6, 6.07) is 11.9. The van der Waals surface area contributed by atoms with Crippen molar-refractivity contribution in [2.24, 2.45) is 0 Å². The Labute approximate surface area is 156 Å². The molecular weight excluding hydrogens is 344 g/mol. The lowest BCUT2D eigenvalue weighted by molar-refractivity contribution is 0.0989. The molecule has 4 rings (SSSR count). The summed E-state index contributed by atoms with van der Waals surface area (Å²) in [4.78, 5) is 26.8. The zero-order chi connectivity index (χ0) is 18.1. The number of nitrogens with zero attached hydrogens (tertiary/aromatic N) is 4. The zero-order valence-corrected chi connectivity index (χ0v) is 15.7. The number of thiazole rings is 1. The number of aromatic nitrogens is 2. The number of benzene rings is 1. The van der Waals surface area contributed by atoms with Crippen LogP contribution in [0.1, 0.15) is 26.5 Å². The van der Waals surface area contributed by atoms with E-state index < -0.39 is 0 Å². The van der Waals surface area contributed by atoms with Gasteiger partial charge in [0.05, 0.1) is 23.3 Å². The molecule has 1 aromatic carbocycles. The molecule has 0 spiro atoms. The van der Waals surface area contributed by atoms with Crippen LogP contribution in [0.5, 0.6) is 0 Å². The van der Waals surface area contributed by atoms with Crippen LogP contribution < -0.4 is 9.80 Å². The summed E-state index contributed by atoms with van der Waals surface area (Å²) >= 11 is 1.65. The second-order valence-electron chi connectivity index (χ2n) is 6.46. The lowest BCUT2D eigenvalue weighted by Crippen LogP contribution is -2.29. The number of pyridine rings is 1. The Bertz CT molecular complexity index is 935. The van der Waals surface area contributed by atoms with Crippen molar-refractivity contribution in [1.82, 2.24) is 9.97 Å². The number of carbonyl (C=O) groups is 1. The maximum absolute atomic E-state index is 12.9. The molecule has 3 aromatic rings. The number of amides is 1. The molecule has 6 heteroatoms. The van der Waals surface area contributed by atoms with Gasteiger partial charge in [0.1, 0.15) is 5.82 Å². The highest BCUT2D eigenvalue weighted by Crippen LogP contribution is 2.29. The molecule has 1 amide bonds. The van der Waals surface area contributed by atoms with Gasteiger partial charge < -0.3 is 9.80 Å². The molecule has 3 heterocycles. The number of carbonyl (C=O) groups excluding carboxylic acids is 1. The Hall–Kier alpha value is -2.73. The van der Waals surface area contributed by atoms with Gasteiger partial charge in [0.15, 0.2) is 0 Å². The highest BCUT2D eigenvalue weighted by Gasteiger charge is 2.25. The minimum Gasteiger partial charge on any atom is -0.354 e. The van der Waals surface area contributed by atoms with Crippen LogP contribution in [-0.4, -0.2) is 29.5 Å². The van der Waals surface area contributed by atoms with Gasteiger partial charge in [-0.15, -0.1) is 11.3 Å². The van der Waals surface area contributed by atoms with E-state index in [-0.39, 0.29) is 5.91 Å². The van der Waals surface area contributed by atoms with Gasteiger partial charge in [0.25, 0.3) is 5.91 Å². The molecule has 0 bridgehead atoms. The zero-order valence-electron chi connectivity index (χ0n) is 14.8. The van der Waals surface area contributed by atoms with Crippen LogP contribution >= 0.6 is 11.3 Å². The predicted molar refractivity (Wildman–Crippen MR) is 105 cm³/mol. The van der Waals surface area contributed by atoms with E-state index in [9.17, 15) is 4.79 Å². The van der Waals surface area contributed by atoms with Gasteiger partial charge in [-0.2, -0.15) is 0 Å². The summed E-state index contributed by atoms with van der Waals surface area (Å²) in [6.07, 6.45) is 2.58. The van der Waals surface area contributed by atoms with Crippen LogP contribution in [0.3, 0.4) is 0 Å². The number of anilines is 2. The molecule has 0 N–H and O–H groups in total. The van der Waals surface area contributed by atoms with E-state index in [0.29, 0.717) is 5.56 Å².